The highest BCUT2D eigenvalue weighted by atomic mass is 32.2. The Balaban J connectivity index is 1.35. The van der Waals surface area contributed by atoms with Crippen LogP contribution in [0, 0.1) is 0 Å². The quantitative estimate of drug-likeness (QED) is 0.520. The summed E-state index contributed by atoms with van der Waals surface area (Å²) in [7, 11) is 0. The van der Waals surface area contributed by atoms with Crippen LogP contribution < -0.4 is 5.32 Å². The van der Waals surface area contributed by atoms with Gasteiger partial charge < -0.3 is 10.2 Å². The van der Waals surface area contributed by atoms with Crippen LogP contribution in [0.25, 0.3) is 0 Å². The van der Waals surface area contributed by atoms with Crippen molar-refractivity contribution < 1.29 is 4.79 Å². The van der Waals surface area contributed by atoms with E-state index in [2.05, 4.69) is 81.1 Å². The van der Waals surface area contributed by atoms with E-state index in [-0.39, 0.29) is 11.9 Å². The summed E-state index contributed by atoms with van der Waals surface area (Å²) >= 11 is 2.97. The average Bonchev–Trinajstić information content (AvgIpc) is 3.27. The number of nitrogens with zero attached hydrogens (tertiary/aromatic N) is 4. The molecule has 31 heavy (non-hydrogen) atoms. The summed E-state index contributed by atoms with van der Waals surface area (Å²) in [6.07, 6.45) is 0. The molecule has 1 saturated heterocycles. The van der Waals surface area contributed by atoms with Crippen LogP contribution in [-0.2, 0) is 4.79 Å². The molecule has 1 aliphatic rings. The number of amides is 1. The zero-order valence-corrected chi connectivity index (χ0v) is 19.2. The van der Waals surface area contributed by atoms with Crippen LogP contribution in [0.3, 0.4) is 0 Å². The molecule has 1 amide bonds. The van der Waals surface area contributed by atoms with Crippen molar-refractivity contribution in [1.82, 2.24) is 20.0 Å². The minimum Gasteiger partial charge on any atom is -0.360 e. The van der Waals surface area contributed by atoms with Crippen LogP contribution in [0.2, 0.25) is 0 Å². The molecule has 0 saturated carbocycles. The lowest BCUT2D eigenvalue weighted by Crippen LogP contribution is -2.50. The van der Waals surface area contributed by atoms with Gasteiger partial charge in [-0.05, 0) is 18.1 Å². The highest BCUT2D eigenvalue weighted by Gasteiger charge is 2.28. The predicted molar refractivity (Wildman–Crippen MR) is 128 cm³/mol. The smallest absolute Gasteiger partial charge is 0.233 e. The van der Waals surface area contributed by atoms with E-state index >= 15 is 0 Å². The molecule has 1 fully saturated rings. The predicted octanol–water partition coefficient (Wildman–Crippen LogP) is 4.00. The summed E-state index contributed by atoms with van der Waals surface area (Å²) < 4.78 is 0.830. The third-order valence-electron chi connectivity index (χ3n) is 5.32. The Hall–Kier alpha value is -2.42. The Morgan fingerprint density at radius 2 is 1.61 bits per heavy atom. The molecule has 1 N–H and O–H groups in total. The van der Waals surface area contributed by atoms with Gasteiger partial charge in [-0.25, -0.2) is 0 Å². The molecule has 162 valence electrons. The van der Waals surface area contributed by atoms with E-state index in [0.717, 1.165) is 42.2 Å². The fourth-order valence-corrected chi connectivity index (χ4v) is 5.54. The first-order valence-corrected chi connectivity index (χ1v) is 12.4. The lowest BCUT2D eigenvalue weighted by atomic mass is 9.96. The minimum atomic E-state index is 0.167. The standard InChI is InChI=1S/C23H27N5OS2/c1-2-24-22-25-26-23(31-22)30-17-20(29)27-13-15-28(16-14-27)21(18-9-5-3-6-10-18)19-11-7-4-8-12-19/h3-12,21H,2,13-17H2,1H3,(H,24,25). The second-order valence-electron chi connectivity index (χ2n) is 7.33. The maximum absolute atomic E-state index is 12.7. The Bertz CT molecular complexity index is 919. The molecule has 2 heterocycles. The van der Waals surface area contributed by atoms with Crippen molar-refractivity contribution >= 4 is 34.1 Å². The number of benzene rings is 2. The fraction of sp³-hybridized carbons (Fsp3) is 0.348. The molecule has 0 aliphatic carbocycles. The summed E-state index contributed by atoms with van der Waals surface area (Å²) in [5.74, 6) is 0.572. The van der Waals surface area contributed by atoms with Gasteiger partial charge in [-0.15, -0.1) is 10.2 Å². The Labute approximate surface area is 191 Å². The van der Waals surface area contributed by atoms with Crippen molar-refractivity contribution in [3.8, 4) is 0 Å². The SMILES string of the molecule is CCNc1nnc(SCC(=O)N2CCN(C(c3ccccc3)c3ccccc3)CC2)s1. The first-order chi connectivity index (χ1) is 15.2. The van der Waals surface area contributed by atoms with E-state index in [1.54, 1.807) is 0 Å². The molecule has 8 heteroatoms. The molecule has 1 aliphatic heterocycles. The summed E-state index contributed by atoms with van der Waals surface area (Å²) in [6, 6.07) is 21.5. The molecule has 6 nitrogen and oxygen atoms in total. The van der Waals surface area contributed by atoms with Gasteiger partial charge in [0.25, 0.3) is 0 Å². The van der Waals surface area contributed by atoms with Gasteiger partial charge in [-0.1, -0.05) is 83.8 Å². The number of carbonyl (C=O) groups is 1. The lowest BCUT2D eigenvalue weighted by Gasteiger charge is -2.39. The molecule has 0 atom stereocenters. The summed E-state index contributed by atoms with van der Waals surface area (Å²) in [5.41, 5.74) is 2.58. The van der Waals surface area contributed by atoms with Crippen molar-refractivity contribution in [3.63, 3.8) is 0 Å². The number of thioether (sulfide) groups is 1. The summed E-state index contributed by atoms with van der Waals surface area (Å²) in [5, 5.41) is 12.2. The molecular weight excluding hydrogens is 426 g/mol. The number of hydrogen-bond acceptors (Lipinski definition) is 7. The largest absolute Gasteiger partial charge is 0.360 e. The van der Waals surface area contributed by atoms with Crippen molar-refractivity contribution in [2.45, 2.75) is 17.3 Å². The zero-order chi connectivity index (χ0) is 21.5. The topological polar surface area (TPSA) is 61.4 Å². The molecule has 2 aromatic carbocycles. The molecule has 0 bridgehead atoms. The van der Waals surface area contributed by atoms with Crippen LogP contribution in [0.15, 0.2) is 65.0 Å². The number of hydrogen-bond donors (Lipinski definition) is 1. The van der Waals surface area contributed by atoms with Gasteiger partial charge in [-0.3, -0.25) is 9.69 Å². The van der Waals surface area contributed by atoms with Gasteiger partial charge in [0.1, 0.15) is 0 Å². The van der Waals surface area contributed by atoms with Gasteiger partial charge in [0.15, 0.2) is 4.34 Å². The van der Waals surface area contributed by atoms with Gasteiger partial charge >= 0.3 is 0 Å². The van der Waals surface area contributed by atoms with E-state index in [1.165, 1.54) is 34.2 Å². The van der Waals surface area contributed by atoms with E-state index < -0.39 is 0 Å². The van der Waals surface area contributed by atoms with Crippen LogP contribution in [0.1, 0.15) is 24.1 Å². The number of carbonyl (C=O) groups excluding carboxylic acids is 1. The second-order valence-corrected chi connectivity index (χ2v) is 9.53. The monoisotopic (exact) mass is 453 g/mol. The molecule has 1 aromatic heterocycles. The third-order valence-corrected chi connectivity index (χ3v) is 7.32. The van der Waals surface area contributed by atoms with Crippen LogP contribution in [-0.4, -0.2) is 64.4 Å². The van der Waals surface area contributed by atoms with Gasteiger partial charge in [0, 0.05) is 32.7 Å². The van der Waals surface area contributed by atoms with E-state index in [9.17, 15) is 4.79 Å². The Kier molecular flexibility index (Phi) is 7.56. The van der Waals surface area contributed by atoms with Gasteiger partial charge in [-0.2, -0.15) is 0 Å². The first kappa shape index (κ1) is 21.8. The molecule has 4 rings (SSSR count). The van der Waals surface area contributed by atoms with E-state index in [0.29, 0.717) is 5.75 Å². The molecular formula is C23H27N5OS2. The minimum absolute atomic E-state index is 0.167. The van der Waals surface area contributed by atoms with Crippen molar-refractivity contribution in [2.75, 3.05) is 43.8 Å². The zero-order valence-electron chi connectivity index (χ0n) is 17.6. The maximum Gasteiger partial charge on any atom is 0.233 e. The summed E-state index contributed by atoms with van der Waals surface area (Å²) in [6.45, 7) is 6.04. The normalized spacial score (nSPS) is 14.7. The lowest BCUT2D eigenvalue weighted by molar-refractivity contribution is -0.130. The number of aromatic nitrogens is 2. The molecule has 0 unspecified atom stereocenters. The van der Waals surface area contributed by atoms with Crippen molar-refractivity contribution in [3.05, 3.63) is 71.8 Å². The van der Waals surface area contributed by atoms with Gasteiger partial charge in [0.2, 0.25) is 11.0 Å². The van der Waals surface area contributed by atoms with Crippen LogP contribution in [0.5, 0.6) is 0 Å². The van der Waals surface area contributed by atoms with Crippen LogP contribution in [0.4, 0.5) is 5.13 Å². The van der Waals surface area contributed by atoms with Crippen LogP contribution >= 0.6 is 23.1 Å². The Morgan fingerprint density at radius 1 is 1.00 bits per heavy atom. The second kappa shape index (κ2) is 10.7. The number of anilines is 1. The first-order valence-electron chi connectivity index (χ1n) is 10.6. The highest BCUT2D eigenvalue weighted by molar-refractivity contribution is 8.01. The summed E-state index contributed by atoms with van der Waals surface area (Å²) in [4.78, 5) is 17.2. The van der Waals surface area contributed by atoms with E-state index in [4.69, 9.17) is 0 Å². The number of rotatable bonds is 8. The van der Waals surface area contributed by atoms with Crippen molar-refractivity contribution in [2.24, 2.45) is 0 Å². The fourth-order valence-electron chi connectivity index (χ4n) is 3.82. The van der Waals surface area contributed by atoms with Gasteiger partial charge in [0.05, 0.1) is 11.8 Å². The Morgan fingerprint density at radius 3 is 2.19 bits per heavy atom. The van der Waals surface area contributed by atoms with E-state index in [1.807, 2.05) is 11.8 Å². The number of piperazine rings is 1. The maximum atomic E-state index is 12.7. The van der Waals surface area contributed by atoms with Crippen molar-refractivity contribution in [1.29, 1.82) is 0 Å². The molecule has 0 spiro atoms. The molecule has 0 radical (unpaired) electrons. The third kappa shape index (κ3) is 5.64. The molecule has 3 aromatic rings. The number of nitrogens with one attached hydrogen (secondary N) is 1. The highest BCUT2D eigenvalue weighted by Crippen LogP contribution is 2.30. The average molecular weight is 454 g/mol.